The molecule has 120 valence electrons. The number of aryl methyl sites for hydroxylation is 3. The van der Waals surface area contributed by atoms with Crippen molar-refractivity contribution in [3.05, 3.63) is 29.7 Å². The smallest absolute Gasteiger partial charge is 0.223 e. The Morgan fingerprint density at radius 1 is 1.35 bits per heavy atom. The summed E-state index contributed by atoms with van der Waals surface area (Å²) in [6.07, 6.45) is 3.61. The summed E-state index contributed by atoms with van der Waals surface area (Å²) >= 11 is 3.18. The number of anilines is 1. The second-order valence-electron chi connectivity index (χ2n) is 4.99. The first-order valence-electron chi connectivity index (χ1n) is 7.13. The Morgan fingerprint density at radius 3 is 2.91 bits per heavy atom. The van der Waals surface area contributed by atoms with Crippen molar-refractivity contribution in [2.24, 2.45) is 7.05 Å². The van der Waals surface area contributed by atoms with Gasteiger partial charge in [0.1, 0.15) is 4.21 Å². The number of nitrogens with one attached hydrogen (secondary N) is 1. The maximum atomic E-state index is 4.61. The normalized spacial score (nSPS) is 10.9. The number of thioether (sulfide) groups is 1. The van der Waals surface area contributed by atoms with E-state index in [1.165, 1.54) is 11.5 Å². The average molecular weight is 347 g/mol. The highest BCUT2D eigenvalue weighted by Gasteiger charge is 2.10. The SMILES string of the molecule is Cc1cnc(NCCSc2snnc2C)nc1-c1ccnn1C. The minimum absolute atomic E-state index is 0.631. The van der Waals surface area contributed by atoms with Gasteiger partial charge in [0.15, 0.2) is 0 Å². The van der Waals surface area contributed by atoms with Gasteiger partial charge in [0, 0.05) is 31.7 Å². The van der Waals surface area contributed by atoms with E-state index in [4.69, 9.17) is 0 Å². The lowest BCUT2D eigenvalue weighted by atomic mass is 10.2. The van der Waals surface area contributed by atoms with Crippen LogP contribution < -0.4 is 5.32 Å². The van der Waals surface area contributed by atoms with Crippen molar-refractivity contribution in [2.45, 2.75) is 18.1 Å². The van der Waals surface area contributed by atoms with Crippen LogP contribution in [0.4, 0.5) is 5.95 Å². The summed E-state index contributed by atoms with van der Waals surface area (Å²) in [6, 6.07) is 1.95. The van der Waals surface area contributed by atoms with Crippen molar-refractivity contribution in [1.29, 1.82) is 0 Å². The van der Waals surface area contributed by atoms with Gasteiger partial charge < -0.3 is 5.32 Å². The van der Waals surface area contributed by atoms with E-state index in [1.807, 2.05) is 37.8 Å². The van der Waals surface area contributed by atoms with Crippen LogP contribution in [0, 0.1) is 13.8 Å². The topological polar surface area (TPSA) is 81.4 Å². The average Bonchev–Trinajstić information content (AvgIpc) is 3.14. The quantitative estimate of drug-likeness (QED) is 0.542. The third-order valence-electron chi connectivity index (χ3n) is 3.26. The van der Waals surface area contributed by atoms with Gasteiger partial charge in [0.05, 0.1) is 17.1 Å². The number of hydrogen-bond donors (Lipinski definition) is 1. The highest BCUT2D eigenvalue weighted by molar-refractivity contribution is 8.01. The Kier molecular flexibility index (Phi) is 4.87. The van der Waals surface area contributed by atoms with Gasteiger partial charge in [0.25, 0.3) is 0 Å². The summed E-state index contributed by atoms with van der Waals surface area (Å²) in [5.41, 5.74) is 3.90. The van der Waals surface area contributed by atoms with Gasteiger partial charge in [-0.3, -0.25) is 4.68 Å². The zero-order valence-corrected chi connectivity index (χ0v) is 14.8. The van der Waals surface area contributed by atoms with Crippen molar-refractivity contribution >= 4 is 29.2 Å². The van der Waals surface area contributed by atoms with Crippen molar-refractivity contribution in [3.63, 3.8) is 0 Å². The maximum Gasteiger partial charge on any atom is 0.223 e. The van der Waals surface area contributed by atoms with Crippen LogP contribution in [0.5, 0.6) is 0 Å². The minimum Gasteiger partial charge on any atom is -0.353 e. The summed E-state index contributed by atoms with van der Waals surface area (Å²) in [5, 5.41) is 11.5. The molecule has 0 spiro atoms. The van der Waals surface area contributed by atoms with Crippen LogP contribution in [0.25, 0.3) is 11.4 Å². The van der Waals surface area contributed by atoms with Crippen LogP contribution in [0.1, 0.15) is 11.3 Å². The van der Waals surface area contributed by atoms with Gasteiger partial charge in [-0.15, -0.1) is 16.9 Å². The molecule has 0 atom stereocenters. The number of aromatic nitrogens is 6. The van der Waals surface area contributed by atoms with Crippen LogP contribution in [-0.2, 0) is 7.05 Å². The van der Waals surface area contributed by atoms with Gasteiger partial charge >= 0.3 is 0 Å². The molecular formula is C14H17N7S2. The van der Waals surface area contributed by atoms with Gasteiger partial charge in [-0.25, -0.2) is 9.97 Å². The van der Waals surface area contributed by atoms with E-state index in [0.29, 0.717) is 5.95 Å². The minimum atomic E-state index is 0.631. The molecular weight excluding hydrogens is 330 g/mol. The summed E-state index contributed by atoms with van der Waals surface area (Å²) < 4.78 is 6.91. The van der Waals surface area contributed by atoms with E-state index in [1.54, 1.807) is 18.0 Å². The first-order chi connectivity index (χ1) is 11.1. The predicted molar refractivity (Wildman–Crippen MR) is 92.8 cm³/mol. The lowest BCUT2D eigenvalue weighted by molar-refractivity contribution is 0.772. The molecule has 1 N–H and O–H groups in total. The number of nitrogens with zero attached hydrogens (tertiary/aromatic N) is 6. The molecule has 3 aromatic rings. The van der Waals surface area contributed by atoms with Crippen LogP contribution in [0.2, 0.25) is 0 Å². The first kappa shape index (κ1) is 15.9. The Balaban J connectivity index is 1.63. The lowest BCUT2D eigenvalue weighted by Crippen LogP contribution is -2.09. The molecule has 0 fully saturated rings. The number of rotatable bonds is 6. The monoisotopic (exact) mass is 347 g/mol. The van der Waals surface area contributed by atoms with Crippen molar-refractivity contribution in [1.82, 2.24) is 29.3 Å². The van der Waals surface area contributed by atoms with Crippen LogP contribution in [0.15, 0.2) is 22.7 Å². The summed E-state index contributed by atoms with van der Waals surface area (Å²) in [6.45, 7) is 4.75. The Bertz CT molecular complexity index is 796. The molecule has 0 radical (unpaired) electrons. The van der Waals surface area contributed by atoms with Gasteiger partial charge in [-0.1, -0.05) is 4.49 Å². The van der Waals surface area contributed by atoms with E-state index in [-0.39, 0.29) is 0 Å². The van der Waals surface area contributed by atoms with Crippen LogP contribution >= 0.6 is 23.3 Å². The van der Waals surface area contributed by atoms with Crippen LogP contribution in [-0.4, -0.2) is 41.6 Å². The molecule has 0 aliphatic heterocycles. The van der Waals surface area contributed by atoms with E-state index >= 15 is 0 Å². The molecule has 7 nitrogen and oxygen atoms in total. The van der Waals surface area contributed by atoms with Gasteiger partial charge in [0.2, 0.25) is 5.95 Å². The van der Waals surface area contributed by atoms with Crippen LogP contribution in [0.3, 0.4) is 0 Å². The molecule has 0 unspecified atom stereocenters. The molecule has 23 heavy (non-hydrogen) atoms. The van der Waals surface area contributed by atoms with E-state index in [0.717, 1.165) is 39.2 Å². The summed E-state index contributed by atoms with van der Waals surface area (Å²) in [5.74, 6) is 1.54. The highest BCUT2D eigenvalue weighted by Crippen LogP contribution is 2.24. The molecule has 3 aromatic heterocycles. The third kappa shape index (κ3) is 3.67. The molecule has 0 aromatic carbocycles. The molecule has 9 heteroatoms. The number of hydrogen-bond acceptors (Lipinski definition) is 8. The predicted octanol–water partition coefficient (Wildman–Crippen LogP) is 2.55. The van der Waals surface area contributed by atoms with Crippen molar-refractivity contribution in [2.75, 3.05) is 17.6 Å². The van der Waals surface area contributed by atoms with Crippen molar-refractivity contribution < 1.29 is 0 Å². The van der Waals surface area contributed by atoms with Gasteiger partial charge in [-0.05, 0) is 37.0 Å². The molecule has 0 saturated heterocycles. The van der Waals surface area contributed by atoms with E-state index in [9.17, 15) is 0 Å². The molecule has 0 aliphatic rings. The molecule has 0 bridgehead atoms. The van der Waals surface area contributed by atoms with Gasteiger partial charge in [-0.2, -0.15) is 5.10 Å². The Labute approximate surface area is 142 Å². The fourth-order valence-electron chi connectivity index (χ4n) is 2.06. The fraction of sp³-hybridized carbons (Fsp3) is 0.357. The maximum absolute atomic E-state index is 4.61. The fourth-order valence-corrected chi connectivity index (χ4v) is 3.67. The third-order valence-corrected chi connectivity index (χ3v) is 5.43. The zero-order chi connectivity index (χ0) is 16.2. The van der Waals surface area contributed by atoms with E-state index in [2.05, 4.69) is 30.0 Å². The molecule has 0 amide bonds. The first-order valence-corrected chi connectivity index (χ1v) is 8.88. The lowest BCUT2D eigenvalue weighted by Gasteiger charge is -2.09. The standard InChI is InChI=1S/C14H17N7S2/c1-9-8-16-14(18-12(9)11-4-5-17-21(11)3)15-6-7-22-13-10(2)19-20-23-13/h4-5,8H,6-7H2,1-3H3,(H,15,16,18). The van der Waals surface area contributed by atoms with E-state index < -0.39 is 0 Å². The largest absolute Gasteiger partial charge is 0.353 e. The van der Waals surface area contributed by atoms with Crippen molar-refractivity contribution in [3.8, 4) is 11.4 Å². The Morgan fingerprint density at radius 2 is 2.22 bits per heavy atom. The summed E-state index contributed by atoms with van der Waals surface area (Å²) in [4.78, 5) is 8.96. The Hall–Kier alpha value is -2.00. The molecule has 3 rings (SSSR count). The zero-order valence-electron chi connectivity index (χ0n) is 13.1. The molecule has 3 heterocycles. The highest BCUT2D eigenvalue weighted by atomic mass is 32.2. The molecule has 0 saturated carbocycles. The molecule has 0 aliphatic carbocycles. The second-order valence-corrected chi connectivity index (χ2v) is 7.10. The summed E-state index contributed by atoms with van der Waals surface area (Å²) in [7, 11) is 1.91. The second kappa shape index (κ2) is 7.05.